The molecule has 5 nitrogen and oxygen atoms in total. The van der Waals surface area contributed by atoms with E-state index in [1.807, 2.05) is 11.4 Å². The Morgan fingerprint density at radius 2 is 2.18 bits per heavy atom. The van der Waals surface area contributed by atoms with Crippen LogP contribution in [0.4, 0.5) is 13.9 Å². The molecular weight excluding hydrogens is 424 g/mol. The van der Waals surface area contributed by atoms with Crippen LogP contribution in [0.25, 0.3) is 0 Å². The fourth-order valence-corrected chi connectivity index (χ4v) is 4.72. The molecule has 3 rings (SSSR count). The van der Waals surface area contributed by atoms with Crippen LogP contribution in [-0.2, 0) is 6.42 Å². The van der Waals surface area contributed by atoms with Crippen molar-refractivity contribution in [3.05, 3.63) is 51.7 Å². The number of hydrogen-bond acceptors (Lipinski definition) is 8. The number of nitrogens with zero attached hydrogens (tertiary/aromatic N) is 2. The number of aromatic nitrogens is 2. The molecule has 3 aromatic rings. The molecule has 0 saturated carbocycles. The Balaban J connectivity index is 1.53. The fourth-order valence-electron chi connectivity index (χ4n) is 2.35. The zero-order valence-corrected chi connectivity index (χ0v) is 17.3. The highest BCUT2D eigenvalue weighted by atomic mass is 32.2. The Kier molecular flexibility index (Phi) is 7.35. The molecule has 0 aliphatic carbocycles. The summed E-state index contributed by atoms with van der Waals surface area (Å²) in [5.41, 5.74) is 0.940. The standard InChI is InChI=1S/C18H17F2N3O2S3/c1-11-4-5-15(25-16(19)20)13(9-11)14(24)10-27-18-23-22-17(28-18)21-7-6-12-3-2-8-26-12/h2-5,8-9,16H,6-7,10H2,1H3,(H,21,22). The van der Waals surface area contributed by atoms with Gasteiger partial charge in [-0.25, -0.2) is 0 Å². The fraction of sp³-hybridized carbons (Fsp3) is 0.278. The molecule has 10 heteroatoms. The highest BCUT2D eigenvalue weighted by Crippen LogP contribution is 2.28. The van der Waals surface area contributed by atoms with Crippen molar-refractivity contribution in [1.29, 1.82) is 0 Å². The molecule has 2 aromatic heterocycles. The van der Waals surface area contributed by atoms with Crippen LogP contribution in [0, 0.1) is 6.92 Å². The number of thiophene rings is 1. The number of alkyl halides is 2. The van der Waals surface area contributed by atoms with Gasteiger partial charge in [0.05, 0.1) is 11.3 Å². The molecule has 0 aliphatic rings. The van der Waals surface area contributed by atoms with Crippen molar-refractivity contribution >= 4 is 45.4 Å². The van der Waals surface area contributed by atoms with Crippen LogP contribution in [0.3, 0.4) is 0 Å². The van der Waals surface area contributed by atoms with Gasteiger partial charge in [-0.3, -0.25) is 4.79 Å². The number of ketones is 1. The second-order valence-electron chi connectivity index (χ2n) is 5.72. The van der Waals surface area contributed by atoms with Gasteiger partial charge in [-0.2, -0.15) is 8.78 Å². The number of Topliss-reactive ketones (excluding diaryl/α,β-unsaturated/α-hetero) is 1. The third-order valence-electron chi connectivity index (χ3n) is 3.61. The lowest BCUT2D eigenvalue weighted by atomic mass is 10.1. The molecule has 1 aromatic carbocycles. The zero-order valence-electron chi connectivity index (χ0n) is 14.9. The minimum absolute atomic E-state index is 0.0624. The van der Waals surface area contributed by atoms with E-state index in [2.05, 4.69) is 26.3 Å². The maximum absolute atomic E-state index is 12.5. The first-order chi connectivity index (χ1) is 13.5. The van der Waals surface area contributed by atoms with Crippen molar-refractivity contribution in [2.24, 2.45) is 0 Å². The van der Waals surface area contributed by atoms with Gasteiger partial charge >= 0.3 is 6.61 Å². The van der Waals surface area contributed by atoms with Gasteiger partial charge in [-0.05, 0) is 36.9 Å². The van der Waals surface area contributed by atoms with Gasteiger partial charge in [0.15, 0.2) is 10.1 Å². The second-order valence-corrected chi connectivity index (χ2v) is 8.95. The topological polar surface area (TPSA) is 64.1 Å². The quantitative estimate of drug-likeness (QED) is 0.347. The van der Waals surface area contributed by atoms with Crippen molar-refractivity contribution in [3.63, 3.8) is 0 Å². The number of hydrogen-bond donors (Lipinski definition) is 1. The van der Waals surface area contributed by atoms with Crippen molar-refractivity contribution in [2.75, 3.05) is 17.6 Å². The Morgan fingerprint density at radius 3 is 2.93 bits per heavy atom. The number of aryl methyl sites for hydroxylation is 1. The van der Waals surface area contributed by atoms with Crippen LogP contribution in [0.2, 0.25) is 0 Å². The number of rotatable bonds is 10. The number of nitrogens with one attached hydrogen (secondary N) is 1. The lowest BCUT2D eigenvalue weighted by Gasteiger charge is -2.10. The van der Waals surface area contributed by atoms with E-state index >= 15 is 0 Å². The van der Waals surface area contributed by atoms with Gasteiger partial charge < -0.3 is 10.1 Å². The summed E-state index contributed by atoms with van der Waals surface area (Å²) >= 11 is 4.28. The summed E-state index contributed by atoms with van der Waals surface area (Å²) in [5.74, 6) is -0.349. The first kappa shape index (κ1) is 20.7. The van der Waals surface area contributed by atoms with E-state index < -0.39 is 6.61 Å². The molecule has 0 aliphatic heterocycles. The number of thioether (sulfide) groups is 1. The van der Waals surface area contributed by atoms with Gasteiger partial charge in [0.1, 0.15) is 5.75 Å². The van der Waals surface area contributed by atoms with Gasteiger partial charge in [0.25, 0.3) is 0 Å². The van der Waals surface area contributed by atoms with Crippen molar-refractivity contribution in [3.8, 4) is 5.75 Å². The van der Waals surface area contributed by atoms with E-state index in [1.165, 1.54) is 34.0 Å². The van der Waals surface area contributed by atoms with E-state index in [4.69, 9.17) is 0 Å². The molecule has 0 spiro atoms. The maximum atomic E-state index is 12.5. The second kappa shape index (κ2) is 9.94. The number of ether oxygens (including phenoxy) is 1. The highest BCUT2D eigenvalue weighted by molar-refractivity contribution is 8.01. The first-order valence-electron chi connectivity index (χ1n) is 8.32. The van der Waals surface area contributed by atoms with E-state index in [9.17, 15) is 13.6 Å². The smallest absolute Gasteiger partial charge is 0.387 e. The molecule has 0 saturated heterocycles. The summed E-state index contributed by atoms with van der Waals surface area (Å²) in [6.45, 7) is -0.446. The van der Waals surface area contributed by atoms with Crippen LogP contribution in [0.15, 0.2) is 40.1 Å². The molecule has 0 atom stereocenters. The molecule has 1 N–H and O–H groups in total. The Hall–Kier alpha value is -2.04. The van der Waals surface area contributed by atoms with Crippen LogP contribution in [0.1, 0.15) is 20.8 Å². The van der Waals surface area contributed by atoms with Gasteiger partial charge in [0, 0.05) is 11.4 Å². The monoisotopic (exact) mass is 441 g/mol. The van der Waals surface area contributed by atoms with Crippen LogP contribution < -0.4 is 10.1 Å². The lowest BCUT2D eigenvalue weighted by Crippen LogP contribution is -2.10. The van der Waals surface area contributed by atoms with Gasteiger partial charge in [-0.1, -0.05) is 40.8 Å². The van der Waals surface area contributed by atoms with E-state index in [0.717, 1.165) is 18.5 Å². The predicted molar refractivity (Wildman–Crippen MR) is 109 cm³/mol. The normalized spacial score (nSPS) is 11.0. The molecular formula is C18H17F2N3O2S3. The summed E-state index contributed by atoms with van der Waals surface area (Å²) in [4.78, 5) is 13.8. The van der Waals surface area contributed by atoms with E-state index in [1.54, 1.807) is 30.4 Å². The average Bonchev–Trinajstić information content (AvgIpc) is 3.33. The summed E-state index contributed by atoms with van der Waals surface area (Å²) in [6.07, 6.45) is 0.901. The van der Waals surface area contributed by atoms with Crippen LogP contribution >= 0.6 is 34.4 Å². The summed E-state index contributed by atoms with van der Waals surface area (Å²) in [6, 6.07) is 8.66. The molecule has 2 heterocycles. The lowest BCUT2D eigenvalue weighted by molar-refractivity contribution is -0.0501. The Labute approximate surface area is 173 Å². The Bertz CT molecular complexity index is 917. The van der Waals surface area contributed by atoms with Crippen molar-refractivity contribution in [2.45, 2.75) is 24.3 Å². The SMILES string of the molecule is Cc1ccc(OC(F)F)c(C(=O)CSc2nnc(NCCc3cccs3)s2)c1. The third kappa shape index (κ3) is 5.98. The van der Waals surface area contributed by atoms with Gasteiger partial charge in [-0.15, -0.1) is 21.5 Å². The minimum atomic E-state index is -2.98. The molecule has 0 fully saturated rings. The van der Waals surface area contributed by atoms with Crippen LogP contribution in [0.5, 0.6) is 5.75 Å². The largest absolute Gasteiger partial charge is 0.434 e. The van der Waals surface area contributed by atoms with Gasteiger partial charge in [0.2, 0.25) is 5.13 Å². The highest BCUT2D eigenvalue weighted by Gasteiger charge is 2.17. The van der Waals surface area contributed by atoms with E-state index in [0.29, 0.717) is 9.47 Å². The molecule has 148 valence electrons. The molecule has 0 unspecified atom stereocenters. The summed E-state index contributed by atoms with van der Waals surface area (Å²) < 4.78 is 30.2. The third-order valence-corrected chi connectivity index (χ3v) is 6.56. The molecule has 28 heavy (non-hydrogen) atoms. The predicted octanol–water partition coefficient (Wildman–Crippen LogP) is 5.14. The van der Waals surface area contributed by atoms with Crippen LogP contribution in [-0.4, -0.2) is 34.9 Å². The number of carbonyl (C=O) groups is 1. The number of halogens is 2. The van der Waals surface area contributed by atoms with Crippen molar-refractivity contribution < 1.29 is 18.3 Å². The molecule has 0 radical (unpaired) electrons. The molecule has 0 amide bonds. The average molecular weight is 442 g/mol. The zero-order chi connectivity index (χ0) is 19.9. The Morgan fingerprint density at radius 1 is 1.32 bits per heavy atom. The van der Waals surface area contributed by atoms with Crippen molar-refractivity contribution in [1.82, 2.24) is 10.2 Å². The number of benzene rings is 1. The summed E-state index contributed by atoms with van der Waals surface area (Å²) in [7, 11) is 0. The summed E-state index contributed by atoms with van der Waals surface area (Å²) in [5, 5.41) is 14.1. The minimum Gasteiger partial charge on any atom is -0.434 e. The number of carbonyl (C=O) groups excluding carboxylic acids is 1. The van der Waals surface area contributed by atoms with E-state index in [-0.39, 0.29) is 22.8 Å². The first-order valence-corrected chi connectivity index (χ1v) is 11.0. The maximum Gasteiger partial charge on any atom is 0.387 e. The number of anilines is 1. The molecule has 0 bridgehead atoms.